The summed E-state index contributed by atoms with van der Waals surface area (Å²) in [6.45, 7) is 3.70. The van der Waals surface area contributed by atoms with Gasteiger partial charge in [0.15, 0.2) is 0 Å². The number of aliphatic hydroxyl groups excluding tert-OH is 1. The van der Waals surface area contributed by atoms with Crippen LogP contribution in [0.3, 0.4) is 0 Å². The predicted molar refractivity (Wildman–Crippen MR) is 105 cm³/mol. The van der Waals surface area contributed by atoms with Crippen molar-refractivity contribution in [1.82, 2.24) is 14.9 Å². The lowest BCUT2D eigenvalue weighted by molar-refractivity contribution is 0.245. The zero-order chi connectivity index (χ0) is 19.1. The molecule has 0 bridgehead atoms. The minimum atomic E-state index is -0.143. The van der Waals surface area contributed by atoms with E-state index in [0.29, 0.717) is 24.3 Å². The number of hydrogen-bond donors (Lipinski definition) is 2. The summed E-state index contributed by atoms with van der Waals surface area (Å²) >= 11 is 0. The molecule has 3 rings (SSSR count). The summed E-state index contributed by atoms with van der Waals surface area (Å²) in [6.07, 6.45) is 6.17. The van der Waals surface area contributed by atoms with Crippen LogP contribution in [-0.4, -0.2) is 31.6 Å². The maximum atomic E-state index is 10.5. The third-order valence-corrected chi connectivity index (χ3v) is 4.67. The molecule has 2 N–H and O–H groups in total. The first-order valence-corrected chi connectivity index (χ1v) is 9.09. The summed E-state index contributed by atoms with van der Waals surface area (Å²) < 4.78 is 0. The average molecular weight is 363 g/mol. The monoisotopic (exact) mass is 363 g/mol. The molecule has 0 aliphatic rings. The highest BCUT2D eigenvalue weighted by Crippen LogP contribution is 2.26. The summed E-state index contributed by atoms with van der Waals surface area (Å²) in [5.41, 5.74) is 4.36. The number of benzene rings is 1. The molecule has 0 aliphatic carbocycles. The van der Waals surface area contributed by atoms with Crippen LogP contribution in [0.2, 0.25) is 0 Å². The second-order valence-electron chi connectivity index (χ2n) is 6.66. The molecule has 1 aromatic carbocycles. The summed E-state index contributed by atoms with van der Waals surface area (Å²) in [6, 6.07) is 14.3. The zero-order valence-electron chi connectivity index (χ0n) is 15.5. The van der Waals surface area contributed by atoms with Gasteiger partial charge in [0.1, 0.15) is 5.75 Å². The highest BCUT2D eigenvalue weighted by molar-refractivity contribution is 5.40. The van der Waals surface area contributed by atoms with Crippen molar-refractivity contribution in [2.24, 2.45) is 0 Å². The minimum Gasteiger partial charge on any atom is -0.506 e. The Morgan fingerprint density at radius 1 is 0.963 bits per heavy atom. The number of hydrogen-bond acceptors (Lipinski definition) is 5. The lowest BCUT2D eigenvalue weighted by atomic mass is 10.1. The number of rotatable bonds is 8. The van der Waals surface area contributed by atoms with Crippen molar-refractivity contribution >= 4 is 0 Å². The van der Waals surface area contributed by atoms with Gasteiger partial charge in [0.05, 0.1) is 12.3 Å². The van der Waals surface area contributed by atoms with Crippen LogP contribution in [0.15, 0.2) is 61.1 Å². The van der Waals surface area contributed by atoms with E-state index < -0.39 is 0 Å². The Hall–Kier alpha value is -2.76. The van der Waals surface area contributed by atoms with Gasteiger partial charge in [0.25, 0.3) is 0 Å². The van der Waals surface area contributed by atoms with E-state index in [-0.39, 0.29) is 12.4 Å². The van der Waals surface area contributed by atoms with Crippen LogP contribution in [0, 0.1) is 6.92 Å². The van der Waals surface area contributed by atoms with E-state index in [0.717, 1.165) is 24.1 Å². The van der Waals surface area contributed by atoms with Gasteiger partial charge in [-0.2, -0.15) is 0 Å². The van der Waals surface area contributed by atoms with Gasteiger partial charge in [-0.3, -0.25) is 14.9 Å². The maximum Gasteiger partial charge on any atom is 0.141 e. The third kappa shape index (κ3) is 5.12. The summed E-state index contributed by atoms with van der Waals surface area (Å²) in [7, 11) is 0. The molecule has 140 valence electrons. The van der Waals surface area contributed by atoms with E-state index >= 15 is 0 Å². The first-order valence-electron chi connectivity index (χ1n) is 9.09. The first-order chi connectivity index (χ1) is 13.2. The van der Waals surface area contributed by atoms with Gasteiger partial charge >= 0.3 is 0 Å². The van der Waals surface area contributed by atoms with Crippen LogP contribution in [0.1, 0.15) is 27.9 Å². The van der Waals surface area contributed by atoms with Crippen LogP contribution in [-0.2, 0) is 26.1 Å². The number of pyridine rings is 2. The summed E-state index contributed by atoms with van der Waals surface area (Å²) in [5, 5.41) is 20.2. The van der Waals surface area contributed by atoms with Crippen molar-refractivity contribution in [2.75, 3.05) is 6.54 Å². The Morgan fingerprint density at radius 3 is 2.44 bits per heavy atom. The van der Waals surface area contributed by atoms with Crippen LogP contribution >= 0.6 is 0 Å². The molecule has 3 aromatic rings. The fourth-order valence-electron chi connectivity index (χ4n) is 3.12. The number of aryl methyl sites for hydroxylation is 1. The molecule has 27 heavy (non-hydrogen) atoms. The van der Waals surface area contributed by atoms with Crippen molar-refractivity contribution in [2.45, 2.75) is 33.0 Å². The van der Waals surface area contributed by atoms with E-state index in [9.17, 15) is 10.2 Å². The lowest BCUT2D eigenvalue weighted by Crippen LogP contribution is -2.26. The predicted octanol–water partition coefficient (Wildman–Crippen LogP) is 3.23. The Kier molecular flexibility index (Phi) is 6.52. The minimum absolute atomic E-state index is 0.143. The van der Waals surface area contributed by atoms with E-state index in [2.05, 4.69) is 27.0 Å². The number of aromatic hydroxyl groups is 1. The molecule has 0 aliphatic heterocycles. The van der Waals surface area contributed by atoms with Crippen molar-refractivity contribution < 1.29 is 10.2 Å². The van der Waals surface area contributed by atoms with E-state index in [4.69, 9.17) is 0 Å². The van der Waals surface area contributed by atoms with Gasteiger partial charge in [-0.25, -0.2) is 0 Å². The molecular weight excluding hydrogens is 338 g/mol. The van der Waals surface area contributed by atoms with Crippen molar-refractivity contribution in [3.8, 4) is 5.75 Å². The fourth-order valence-corrected chi connectivity index (χ4v) is 3.12. The Morgan fingerprint density at radius 2 is 1.74 bits per heavy atom. The topological polar surface area (TPSA) is 69.5 Å². The largest absolute Gasteiger partial charge is 0.506 e. The van der Waals surface area contributed by atoms with Gasteiger partial charge in [-0.15, -0.1) is 0 Å². The van der Waals surface area contributed by atoms with Gasteiger partial charge in [0, 0.05) is 49.4 Å². The van der Waals surface area contributed by atoms with E-state index in [1.165, 1.54) is 5.56 Å². The number of aliphatic hydroxyl groups is 1. The molecule has 0 fully saturated rings. The molecule has 0 unspecified atom stereocenters. The molecule has 5 nitrogen and oxygen atoms in total. The van der Waals surface area contributed by atoms with Crippen molar-refractivity contribution in [3.05, 3.63) is 89.0 Å². The molecule has 0 atom stereocenters. The van der Waals surface area contributed by atoms with E-state index in [1.54, 1.807) is 19.3 Å². The molecular formula is C22H25N3O2. The molecule has 0 saturated heterocycles. The van der Waals surface area contributed by atoms with Gasteiger partial charge in [-0.05, 0) is 30.5 Å². The molecule has 0 spiro atoms. The SMILES string of the molecule is Cc1ncc(CO)c(CN(CCc2ccccc2)Cc2cccnc2)c1O. The van der Waals surface area contributed by atoms with Crippen molar-refractivity contribution in [1.29, 1.82) is 0 Å². The Balaban J connectivity index is 1.82. The number of aromatic nitrogens is 2. The third-order valence-electron chi connectivity index (χ3n) is 4.67. The molecule has 2 heterocycles. The highest BCUT2D eigenvalue weighted by atomic mass is 16.3. The quantitative estimate of drug-likeness (QED) is 0.643. The first kappa shape index (κ1) is 19.0. The molecule has 2 aromatic heterocycles. The smallest absolute Gasteiger partial charge is 0.141 e. The van der Waals surface area contributed by atoms with E-state index in [1.807, 2.05) is 36.5 Å². The molecule has 0 saturated carbocycles. The summed E-state index contributed by atoms with van der Waals surface area (Å²) in [4.78, 5) is 10.6. The van der Waals surface area contributed by atoms with Crippen LogP contribution in [0.5, 0.6) is 5.75 Å². The lowest BCUT2D eigenvalue weighted by Gasteiger charge is -2.24. The van der Waals surface area contributed by atoms with Gasteiger partial charge in [0.2, 0.25) is 0 Å². The Bertz CT molecular complexity index is 854. The second kappa shape index (κ2) is 9.26. The number of nitrogens with zero attached hydrogens (tertiary/aromatic N) is 3. The van der Waals surface area contributed by atoms with Crippen LogP contribution in [0.25, 0.3) is 0 Å². The normalized spacial score (nSPS) is 11.1. The molecule has 0 amide bonds. The molecule has 0 radical (unpaired) electrons. The second-order valence-corrected chi connectivity index (χ2v) is 6.66. The average Bonchev–Trinajstić information content (AvgIpc) is 2.71. The maximum absolute atomic E-state index is 10.5. The van der Waals surface area contributed by atoms with Gasteiger partial charge in [-0.1, -0.05) is 36.4 Å². The molecule has 5 heteroatoms. The van der Waals surface area contributed by atoms with Crippen molar-refractivity contribution in [3.63, 3.8) is 0 Å². The van der Waals surface area contributed by atoms with Crippen LogP contribution in [0.4, 0.5) is 0 Å². The fraction of sp³-hybridized carbons (Fsp3) is 0.273. The van der Waals surface area contributed by atoms with Gasteiger partial charge < -0.3 is 10.2 Å². The Labute approximate surface area is 160 Å². The highest BCUT2D eigenvalue weighted by Gasteiger charge is 2.16. The standard InChI is InChI=1S/C22H25N3O2/c1-17-22(27)21(20(16-26)13-24-17)15-25(14-19-8-5-10-23-12-19)11-9-18-6-3-2-4-7-18/h2-8,10,12-13,26-27H,9,11,14-16H2,1H3. The van der Waals surface area contributed by atoms with Crippen LogP contribution < -0.4 is 0 Å². The summed E-state index contributed by atoms with van der Waals surface area (Å²) in [5.74, 6) is 0.164. The zero-order valence-corrected chi connectivity index (χ0v) is 15.5.